The highest BCUT2D eigenvalue weighted by Crippen LogP contribution is 2.26. The van der Waals surface area contributed by atoms with Crippen LogP contribution in [0.5, 0.6) is 0 Å². The molecule has 1 aromatic heterocycles. The summed E-state index contributed by atoms with van der Waals surface area (Å²) in [6.07, 6.45) is 3.37. The van der Waals surface area contributed by atoms with E-state index in [1.165, 1.54) is 5.56 Å². The Kier molecular flexibility index (Phi) is 3.24. The summed E-state index contributed by atoms with van der Waals surface area (Å²) in [5, 5.41) is 3.29. The van der Waals surface area contributed by atoms with Crippen LogP contribution in [0.2, 0.25) is 0 Å². The van der Waals surface area contributed by atoms with E-state index >= 15 is 0 Å². The molecule has 0 spiro atoms. The maximum absolute atomic E-state index is 5.84. The first-order valence-electron chi connectivity index (χ1n) is 6.04. The van der Waals surface area contributed by atoms with Gasteiger partial charge in [-0.1, -0.05) is 32.9 Å². The van der Waals surface area contributed by atoms with Crippen molar-refractivity contribution in [3.63, 3.8) is 0 Å². The van der Waals surface area contributed by atoms with Crippen LogP contribution in [0.3, 0.4) is 0 Å². The highest BCUT2D eigenvalue weighted by Gasteiger charge is 2.12. The van der Waals surface area contributed by atoms with Crippen LogP contribution in [-0.2, 0) is 5.41 Å². The van der Waals surface area contributed by atoms with Crippen LogP contribution < -0.4 is 11.1 Å². The van der Waals surface area contributed by atoms with E-state index in [2.05, 4.69) is 55.3 Å². The van der Waals surface area contributed by atoms with Crippen molar-refractivity contribution < 1.29 is 0 Å². The Balaban J connectivity index is 2.19. The number of hydrogen-bond donors (Lipinski definition) is 2. The number of rotatable bonds is 2. The predicted molar refractivity (Wildman–Crippen MR) is 77.1 cm³/mol. The molecule has 0 unspecified atom stereocenters. The standard InChI is InChI=1S/C15H19N3/c1-15(2,3)11-4-6-12(7-5-11)18-14-8-9-17-10-13(14)16/h4-10H,16H2,1-3H3,(H,17,18). The summed E-state index contributed by atoms with van der Waals surface area (Å²) < 4.78 is 0. The first-order chi connectivity index (χ1) is 8.47. The largest absolute Gasteiger partial charge is 0.396 e. The molecular formula is C15H19N3. The van der Waals surface area contributed by atoms with Gasteiger partial charge in [-0.15, -0.1) is 0 Å². The SMILES string of the molecule is CC(C)(C)c1ccc(Nc2ccncc2N)cc1. The van der Waals surface area contributed by atoms with Gasteiger partial charge in [0, 0.05) is 11.9 Å². The molecule has 0 radical (unpaired) electrons. The Morgan fingerprint density at radius 2 is 1.72 bits per heavy atom. The number of nitrogens with zero attached hydrogens (tertiary/aromatic N) is 1. The normalized spacial score (nSPS) is 11.3. The molecule has 0 aliphatic rings. The minimum atomic E-state index is 0.175. The third-order valence-electron chi connectivity index (χ3n) is 2.88. The number of aromatic nitrogens is 1. The first-order valence-corrected chi connectivity index (χ1v) is 6.04. The van der Waals surface area contributed by atoms with Crippen molar-refractivity contribution in [2.45, 2.75) is 26.2 Å². The molecule has 0 amide bonds. The second-order valence-electron chi connectivity index (χ2n) is 5.42. The zero-order chi connectivity index (χ0) is 13.2. The summed E-state index contributed by atoms with van der Waals surface area (Å²) in [5.74, 6) is 0. The maximum atomic E-state index is 5.84. The molecule has 0 saturated heterocycles. The second-order valence-corrected chi connectivity index (χ2v) is 5.42. The van der Waals surface area contributed by atoms with Crippen LogP contribution in [0.25, 0.3) is 0 Å². The lowest BCUT2D eigenvalue weighted by Crippen LogP contribution is -2.10. The fraction of sp³-hybridized carbons (Fsp3) is 0.267. The quantitative estimate of drug-likeness (QED) is 0.842. The van der Waals surface area contributed by atoms with Crippen molar-refractivity contribution in [1.82, 2.24) is 4.98 Å². The summed E-state index contributed by atoms with van der Waals surface area (Å²) in [5.41, 5.74) is 9.89. The summed E-state index contributed by atoms with van der Waals surface area (Å²) >= 11 is 0. The zero-order valence-electron chi connectivity index (χ0n) is 11.1. The highest BCUT2D eigenvalue weighted by molar-refractivity contribution is 5.71. The maximum Gasteiger partial charge on any atom is 0.0739 e. The Labute approximate surface area is 108 Å². The van der Waals surface area contributed by atoms with Crippen LogP contribution in [0.1, 0.15) is 26.3 Å². The van der Waals surface area contributed by atoms with E-state index in [-0.39, 0.29) is 5.41 Å². The van der Waals surface area contributed by atoms with E-state index in [0.29, 0.717) is 5.69 Å². The van der Waals surface area contributed by atoms with Crippen LogP contribution in [0.15, 0.2) is 42.7 Å². The molecule has 0 fully saturated rings. The van der Waals surface area contributed by atoms with Gasteiger partial charge in [0.1, 0.15) is 0 Å². The molecule has 0 saturated carbocycles. The van der Waals surface area contributed by atoms with Crippen molar-refractivity contribution in [2.75, 3.05) is 11.1 Å². The van der Waals surface area contributed by atoms with Gasteiger partial charge in [0.2, 0.25) is 0 Å². The van der Waals surface area contributed by atoms with Crippen LogP contribution in [0.4, 0.5) is 17.1 Å². The smallest absolute Gasteiger partial charge is 0.0739 e. The monoisotopic (exact) mass is 241 g/mol. The van der Waals surface area contributed by atoms with Gasteiger partial charge in [-0.3, -0.25) is 4.98 Å². The minimum absolute atomic E-state index is 0.175. The molecule has 0 aliphatic heterocycles. The number of benzene rings is 1. The molecule has 2 aromatic rings. The lowest BCUT2D eigenvalue weighted by Gasteiger charge is -2.19. The second kappa shape index (κ2) is 4.69. The molecule has 3 N–H and O–H groups in total. The van der Waals surface area contributed by atoms with E-state index in [4.69, 9.17) is 5.73 Å². The van der Waals surface area contributed by atoms with Crippen molar-refractivity contribution in [2.24, 2.45) is 0 Å². The van der Waals surface area contributed by atoms with Crippen molar-refractivity contribution in [1.29, 1.82) is 0 Å². The van der Waals surface area contributed by atoms with Gasteiger partial charge in [0.25, 0.3) is 0 Å². The molecule has 3 nitrogen and oxygen atoms in total. The number of nitrogens with one attached hydrogen (secondary N) is 1. The topological polar surface area (TPSA) is 50.9 Å². The summed E-state index contributed by atoms with van der Waals surface area (Å²) in [6.45, 7) is 6.61. The Morgan fingerprint density at radius 1 is 1.06 bits per heavy atom. The summed E-state index contributed by atoms with van der Waals surface area (Å²) in [6, 6.07) is 10.3. The average molecular weight is 241 g/mol. The van der Waals surface area contributed by atoms with E-state index in [1.54, 1.807) is 12.4 Å². The van der Waals surface area contributed by atoms with Crippen LogP contribution in [0, 0.1) is 0 Å². The van der Waals surface area contributed by atoms with Gasteiger partial charge in [-0.2, -0.15) is 0 Å². The van der Waals surface area contributed by atoms with Gasteiger partial charge in [0.05, 0.1) is 17.6 Å². The number of nitrogens with two attached hydrogens (primary N) is 1. The van der Waals surface area contributed by atoms with Crippen molar-refractivity contribution in [3.8, 4) is 0 Å². The zero-order valence-corrected chi connectivity index (χ0v) is 11.1. The van der Waals surface area contributed by atoms with Crippen molar-refractivity contribution in [3.05, 3.63) is 48.3 Å². The molecule has 1 heterocycles. The fourth-order valence-corrected chi connectivity index (χ4v) is 1.73. The van der Waals surface area contributed by atoms with E-state index in [0.717, 1.165) is 11.4 Å². The van der Waals surface area contributed by atoms with Gasteiger partial charge in [-0.25, -0.2) is 0 Å². The number of pyridine rings is 1. The van der Waals surface area contributed by atoms with Crippen molar-refractivity contribution >= 4 is 17.1 Å². The molecule has 0 atom stereocenters. The fourth-order valence-electron chi connectivity index (χ4n) is 1.73. The van der Waals surface area contributed by atoms with Crippen LogP contribution >= 0.6 is 0 Å². The van der Waals surface area contributed by atoms with Gasteiger partial charge < -0.3 is 11.1 Å². The van der Waals surface area contributed by atoms with E-state index in [9.17, 15) is 0 Å². The lowest BCUT2D eigenvalue weighted by atomic mass is 9.87. The van der Waals surface area contributed by atoms with Gasteiger partial charge in [0.15, 0.2) is 0 Å². The van der Waals surface area contributed by atoms with Gasteiger partial charge in [-0.05, 0) is 29.2 Å². The van der Waals surface area contributed by atoms with E-state index < -0.39 is 0 Å². The number of hydrogen-bond acceptors (Lipinski definition) is 3. The lowest BCUT2D eigenvalue weighted by molar-refractivity contribution is 0.590. The molecule has 18 heavy (non-hydrogen) atoms. The number of nitrogen functional groups attached to an aromatic ring is 1. The highest BCUT2D eigenvalue weighted by atomic mass is 14.9. The molecular weight excluding hydrogens is 222 g/mol. The predicted octanol–water partition coefficient (Wildman–Crippen LogP) is 3.70. The molecule has 0 bridgehead atoms. The molecule has 3 heteroatoms. The number of anilines is 3. The Morgan fingerprint density at radius 3 is 2.28 bits per heavy atom. The third kappa shape index (κ3) is 2.80. The summed E-state index contributed by atoms with van der Waals surface area (Å²) in [4.78, 5) is 3.97. The molecule has 1 aromatic carbocycles. The van der Waals surface area contributed by atoms with Gasteiger partial charge >= 0.3 is 0 Å². The Hall–Kier alpha value is -2.03. The van der Waals surface area contributed by atoms with E-state index in [1.807, 2.05) is 6.07 Å². The Bertz CT molecular complexity index is 524. The molecule has 94 valence electrons. The molecule has 2 rings (SSSR count). The average Bonchev–Trinajstić information content (AvgIpc) is 2.32. The third-order valence-corrected chi connectivity index (χ3v) is 2.88. The minimum Gasteiger partial charge on any atom is -0.396 e. The summed E-state index contributed by atoms with van der Waals surface area (Å²) in [7, 11) is 0. The van der Waals surface area contributed by atoms with Crippen LogP contribution in [-0.4, -0.2) is 4.98 Å². The first kappa shape index (κ1) is 12.4. The molecule has 0 aliphatic carbocycles.